The summed E-state index contributed by atoms with van der Waals surface area (Å²) in [4.78, 5) is 53.9. The Labute approximate surface area is 290 Å². The van der Waals surface area contributed by atoms with E-state index in [1.165, 1.54) is 33.6 Å². The highest BCUT2D eigenvalue weighted by molar-refractivity contribution is 8.00. The Morgan fingerprint density at radius 3 is 2.65 bits per heavy atom. The lowest BCUT2D eigenvalue weighted by atomic mass is 9.73. The number of aryl methyl sites for hydroxylation is 1. The third-order valence-corrected chi connectivity index (χ3v) is 11.8. The van der Waals surface area contributed by atoms with Crippen molar-refractivity contribution in [3.63, 3.8) is 0 Å². The fourth-order valence-corrected chi connectivity index (χ4v) is 9.27. The van der Waals surface area contributed by atoms with Crippen LogP contribution in [-0.4, -0.2) is 49.9 Å². The number of esters is 1. The number of fused-ring (bicyclic) bond motifs is 1. The Bertz CT molecular complexity index is 1640. The monoisotopic (exact) mass is 691 g/mol. The van der Waals surface area contributed by atoms with Gasteiger partial charge < -0.3 is 14.9 Å². The summed E-state index contributed by atoms with van der Waals surface area (Å²) in [6.07, 6.45) is 8.12. The number of hydrogen-bond acceptors (Lipinski definition) is 8. The molecule has 256 valence electrons. The van der Waals surface area contributed by atoms with Crippen molar-refractivity contribution in [2.24, 2.45) is 11.8 Å². The molecule has 5 rings (SSSR count). The topological polar surface area (TPSA) is 121 Å². The number of unbranched alkanes of at least 4 members (excludes halogenated alkanes) is 2. The van der Waals surface area contributed by atoms with Gasteiger partial charge in [-0.3, -0.25) is 19.3 Å². The van der Waals surface area contributed by atoms with Crippen molar-refractivity contribution in [3.8, 4) is 11.5 Å². The van der Waals surface area contributed by atoms with Gasteiger partial charge in [0.05, 0.1) is 11.3 Å². The molecule has 0 bridgehead atoms. The normalized spacial score (nSPS) is 22.1. The molecule has 2 aliphatic heterocycles. The van der Waals surface area contributed by atoms with E-state index in [1.807, 2.05) is 30.5 Å². The van der Waals surface area contributed by atoms with Gasteiger partial charge in [0.15, 0.2) is 0 Å². The zero-order chi connectivity index (χ0) is 34.5. The molecule has 8 nitrogen and oxygen atoms in total. The average molecular weight is 692 g/mol. The first-order chi connectivity index (χ1) is 23.0. The number of thioether (sulfide) groups is 1. The molecule has 1 aromatic carbocycles. The van der Waals surface area contributed by atoms with Crippen LogP contribution in [0.3, 0.4) is 0 Å². The lowest BCUT2D eigenvalue weighted by Gasteiger charge is -2.49. The highest BCUT2D eigenvalue weighted by Crippen LogP contribution is 2.48. The summed E-state index contributed by atoms with van der Waals surface area (Å²) in [5.41, 5.74) is 4.06. The Kier molecular flexibility index (Phi) is 11.7. The molecule has 4 atom stereocenters. The number of benzene rings is 1. The van der Waals surface area contributed by atoms with Crippen LogP contribution >= 0.6 is 23.1 Å². The average Bonchev–Trinajstić information content (AvgIpc) is 3.55. The molecule has 1 amide bonds. The molecule has 1 fully saturated rings. The fraction of sp³-hybridized carbons (Fsp3) is 0.474. The second kappa shape index (κ2) is 15.7. The number of rotatable bonds is 15. The van der Waals surface area contributed by atoms with Gasteiger partial charge in [0.2, 0.25) is 5.91 Å². The van der Waals surface area contributed by atoms with Crippen LogP contribution in [0.25, 0.3) is 0 Å². The molecule has 1 aliphatic carbocycles. The second-order valence-electron chi connectivity index (χ2n) is 13.3. The molecule has 1 aromatic heterocycles. The predicted octanol–water partition coefficient (Wildman–Crippen LogP) is 7.96. The first-order valence-electron chi connectivity index (χ1n) is 16.8. The lowest BCUT2D eigenvalue weighted by molar-refractivity contribution is -0.154. The van der Waals surface area contributed by atoms with Crippen LogP contribution in [0, 0.1) is 11.8 Å². The van der Waals surface area contributed by atoms with Crippen LogP contribution in [0.2, 0.25) is 0 Å². The molecule has 2 aromatic rings. The van der Waals surface area contributed by atoms with Gasteiger partial charge in [0, 0.05) is 41.4 Å². The summed E-state index contributed by atoms with van der Waals surface area (Å²) in [7, 11) is 0. The van der Waals surface area contributed by atoms with Gasteiger partial charge in [-0.2, -0.15) is 0 Å². The molecule has 0 radical (unpaired) electrons. The number of ketones is 1. The van der Waals surface area contributed by atoms with E-state index in [0.717, 1.165) is 54.5 Å². The van der Waals surface area contributed by atoms with E-state index in [1.54, 1.807) is 6.07 Å². The van der Waals surface area contributed by atoms with Crippen LogP contribution < -0.4 is 4.74 Å². The Morgan fingerprint density at radius 1 is 1.17 bits per heavy atom. The van der Waals surface area contributed by atoms with E-state index in [9.17, 15) is 29.4 Å². The summed E-state index contributed by atoms with van der Waals surface area (Å²) in [5, 5.41) is 23.0. The predicted molar refractivity (Wildman–Crippen MR) is 189 cm³/mol. The summed E-state index contributed by atoms with van der Waals surface area (Å²) < 4.78 is 6.01. The lowest BCUT2D eigenvalue weighted by Crippen LogP contribution is -2.61. The van der Waals surface area contributed by atoms with E-state index in [2.05, 4.69) is 26.5 Å². The number of nitrogens with zero attached hydrogens (tertiary/aromatic N) is 1. The molecule has 0 unspecified atom stereocenters. The van der Waals surface area contributed by atoms with Gasteiger partial charge in [-0.1, -0.05) is 49.6 Å². The maximum Gasteiger partial charge on any atom is 0.352 e. The van der Waals surface area contributed by atoms with Crippen LogP contribution in [0.1, 0.15) is 94.1 Å². The number of amides is 1. The van der Waals surface area contributed by atoms with Crippen LogP contribution in [0.5, 0.6) is 11.5 Å². The van der Waals surface area contributed by atoms with Crippen molar-refractivity contribution in [1.82, 2.24) is 4.90 Å². The zero-order valence-electron chi connectivity index (χ0n) is 28.0. The fourth-order valence-electron chi connectivity index (χ4n) is 7.08. The number of carboxylic acid groups (broad SMARTS) is 1. The number of aromatic hydroxyl groups is 1. The van der Waals surface area contributed by atoms with Gasteiger partial charge >= 0.3 is 11.9 Å². The number of allylic oxidation sites excluding steroid dienone is 3. The minimum Gasteiger partial charge on any atom is -0.507 e. The van der Waals surface area contributed by atoms with Gasteiger partial charge in [-0.05, 0) is 86.6 Å². The molecule has 48 heavy (non-hydrogen) atoms. The number of ether oxygens (including phenoxy) is 1. The Morgan fingerprint density at radius 2 is 1.96 bits per heavy atom. The molecule has 3 heterocycles. The van der Waals surface area contributed by atoms with E-state index >= 15 is 0 Å². The number of phenolic OH excluding ortho intramolecular Hbond substituents is 1. The van der Waals surface area contributed by atoms with E-state index in [-0.39, 0.29) is 60.7 Å². The molecular weight excluding hydrogens is 647 g/mol. The quantitative estimate of drug-likeness (QED) is 0.0635. The van der Waals surface area contributed by atoms with Crippen molar-refractivity contribution in [3.05, 3.63) is 80.7 Å². The second-order valence-corrected chi connectivity index (χ2v) is 15.4. The van der Waals surface area contributed by atoms with Gasteiger partial charge in [-0.25, -0.2) is 4.79 Å². The smallest absolute Gasteiger partial charge is 0.352 e. The first kappa shape index (κ1) is 35.7. The van der Waals surface area contributed by atoms with E-state index in [0.29, 0.717) is 22.6 Å². The molecule has 2 N–H and O–H groups in total. The number of carbonyl (C=O) groups excluding carboxylic acids is 3. The standard InChI is InChI=1S/C38H45NO7S2/c1-5-6-7-9-24-17-31(41)34(29-16-23(4)11-13-28(29)22(2)3)32(18-24)46-33(42)14-12-25-21-48-37-30(36(43)39(37)35(25)38(44)45)20-26(40)19-27-10-8-15-47-27/h8,10,15-18,28-30,37,41H,2,5-7,9,11-14,19-21H2,1,3-4H3,(H,44,45)/t28-,29+,30+,37+/m0/s1. The third kappa shape index (κ3) is 7.97. The SMILES string of the molecule is C=C(C)[C@@H]1CCC(C)=C[C@H]1c1c(O)cc(CCCCC)cc1OC(=O)CCC1=C(C(=O)O)N2C(=O)[C@@H](CC(=O)Cc3cccs3)[C@H]2SC1. The number of thiophene rings is 1. The summed E-state index contributed by atoms with van der Waals surface area (Å²) in [6, 6.07) is 7.40. The summed E-state index contributed by atoms with van der Waals surface area (Å²) in [5.74, 6) is -2.08. The highest BCUT2D eigenvalue weighted by Gasteiger charge is 2.53. The first-order valence-corrected chi connectivity index (χ1v) is 18.7. The van der Waals surface area contributed by atoms with Crippen molar-refractivity contribution < 1.29 is 34.1 Å². The molecular formula is C38H45NO7S2. The van der Waals surface area contributed by atoms with Crippen LogP contribution in [-0.2, 0) is 32.0 Å². The van der Waals surface area contributed by atoms with E-state index < -0.39 is 23.2 Å². The van der Waals surface area contributed by atoms with Crippen molar-refractivity contribution >= 4 is 46.7 Å². The largest absolute Gasteiger partial charge is 0.507 e. The maximum absolute atomic E-state index is 13.4. The molecule has 0 spiro atoms. The highest BCUT2D eigenvalue weighted by atomic mass is 32.2. The third-order valence-electron chi connectivity index (χ3n) is 9.58. The van der Waals surface area contributed by atoms with Gasteiger partial charge in [-0.15, -0.1) is 23.1 Å². The Balaban J connectivity index is 1.32. The van der Waals surface area contributed by atoms with Gasteiger partial charge in [0.25, 0.3) is 0 Å². The molecule has 3 aliphatic rings. The number of β-lactam (4-membered cyclic amide) rings is 1. The zero-order valence-corrected chi connectivity index (χ0v) is 29.6. The van der Waals surface area contributed by atoms with Crippen LogP contribution in [0.15, 0.2) is 64.7 Å². The molecule has 10 heteroatoms. The minimum absolute atomic E-state index is 0.0428. The molecule has 0 saturated carbocycles. The summed E-state index contributed by atoms with van der Waals surface area (Å²) >= 11 is 2.92. The number of carboxylic acids is 1. The van der Waals surface area contributed by atoms with Crippen molar-refractivity contribution in [1.29, 1.82) is 0 Å². The Hall–Kier alpha value is -3.63. The number of aliphatic carboxylic acids is 1. The van der Waals surface area contributed by atoms with Crippen molar-refractivity contribution in [2.45, 2.75) is 96.3 Å². The maximum atomic E-state index is 13.4. The summed E-state index contributed by atoms with van der Waals surface area (Å²) in [6.45, 7) is 10.4. The van der Waals surface area contributed by atoms with E-state index in [4.69, 9.17) is 4.74 Å². The van der Waals surface area contributed by atoms with Crippen molar-refractivity contribution in [2.75, 3.05) is 5.75 Å². The number of phenols is 1. The van der Waals surface area contributed by atoms with Crippen LogP contribution in [0.4, 0.5) is 0 Å². The molecule has 1 saturated heterocycles. The minimum atomic E-state index is -1.22. The number of carbonyl (C=O) groups is 4. The number of Topliss-reactive ketones (excluding diaryl/α,β-unsaturated/α-hetero) is 1. The van der Waals surface area contributed by atoms with Gasteiger partial charge in [0.1, 0.15) is 23.0 Å². The number of hydrogen-bond donors (Lipinski definition) is 2.